The van der Waals surface area contributed by atoms with Gasteiger partial charge in [0.15, 0.2) is 0 Å². The fourth-order valence-electron chi connectivity index (χ4n) is 4.13. The van der Waals surface area contributed by atoms with Crippen LogP contribution in [0.25, 0.3) is 0 Å². The third-order valence-electron chi connectivity index (χ3n) is 5.34. The standard InChI is InChI=1S/C24H30F2N2O/c1-15-11-17-7-6-10-28(14-18-8-9-19(25)12-20(18)26)23(17)16(2)22(15)27-21(29)13-24(3,4)5/h8-9,11-12H,6-7,10,13-14H2,1-5H3,(H,27,29). The predicted molar refractivity (Wildman–Crippen MR) is 114 cm³/mol. The average molecular weight is 401 g/mol. The van der Waals surface area contributed by atoms with Crippen molar-refractivity contribution >= 4 is 17.3 Å². The maximum absolute atomic E-state index is 14.2. The highest BCUT2D eigenvalue weighted by Gasteiger charge is 2.24. The molecule has 0 fully saturated rings. The van der Waals surface area contributed by atoms with Gasteiger partial charge < -0.3 is 10.2 Å². The van der Waals surface area contributed by atoms with Gasteiger partial charge in [0, 0.05) is 42.5 Å². The van der Waals surface area contributed by atoms with E-state index in [1.165, 1.54) is 17.7 Å². The maximum atomic E-state index is 14.2. The minimum Gasteiger partial charge on any atom is -0.367 e. The number of rotatable bonds is 4. The van der Waals surface area contributed by atoms with E-state index in [0.717, 1.165) is 48.0 Å². The lowest BCUT2D eigenvalue weighted by Crippen LogP contribution is -2.31. The number of aryl methyl sites for hydroxylation is 2. The molecule has 3 rings (SSSR count). The third-order valence-corrected chi connectivity index (χ3v) is 5.34. The van der Waals surface area contributed by atoms with E-state index in [9.17, 15) is 13.6 Å². The summed E-state index contributed by atoms with van der Waals surface area (Å²) in [6.45, 7) is 11.3. The van der Waals surface area contributed by atoms with E-state index in [-0.39, 0.29) is 11.3 Å². The summed E-state index contributed by atoms with van der Waals surface area (Å²) in [7, 11) is 0. The lowest BCUT2D eigenvalue weighted by atomic mass is 9.91. The zero-order valence-corrected chi connectivity index (χ0v) is 18.0. The van der Waals surface area contributed by atoms with Crippen LogP contribution in [0.1, 0.15) is 55.9 Å². The Hall–Kier alpha value is -2.43. The number of amides is 1. The number of carbonyl (C=O) groups is 1. The van der Waals surface area contributed by atoms with Crippen molar-refractivity contribution in [3.8, 4) is 0 Å². The van der Waals surface area contributed by atoms with Gasteiger partial charge in [0.2, 0.25) is 5.91 Å². The van der Waals surface area contributed by atoms with Crippen LogP contribution >= 0.6 is 0 Å². The van der Waals surface area contributed by atoms with Crippen LogP contribution in [-0.2, 0) is 17.8 Å². The van der Waals surface area contributed by atoms with Gasteiger partial charge in [-0.3, -0.25) is 4.79 Å². The van der Waals surface area contributed by atoms with Crippen molar-refractivity contribution in [2.24, 2.45) is 5.41 Å². The quantitative estimate of drug-likeness (QED) is 0.692. The number of nitrogens with zero attached hydrogens (tertiary/aromatic N) is 1. The molecule has 156 valence electrons. The molecule has 0 aliphatic carbocycles. The molecule has 3 nitrogen and oxygen atoms in total. The number of hydrogen-bond donors (Lipinski definition) is 1. The fraction of sp³-hybridized carbons (Fsp3) is 0.458. The molecular formula is C24H30F2N2O. The summed E-state index contributed by atoms with van der Waals surface area (Å²) < 4.78 is 27.5. The molecule has 5 heteroatoms. The van der Waals surface area contributed by atoms with Gasteiger partial charge in [0.1, 0.15) is 11.6 Å². The second-order valence-corrected chi connectivity index (χ2v) is 9.25. The van der Waals surface area contributed by atoms with E-state index in [1.54, 1.807) is 0 Å². The summed E-state index contributed by atoms with van der Waals surface area (Å²) in [5, 5.41) is 3.10. The largest absolute Gasteiger partial charge is 0.367 e. The number of benzene rings is 2. The topological polar surface area (TPSA) is 32.3 Å². The minimum absolute atomic E-state index is 0.00408. The lowest BCUT2D eigenvalue weighted by molar-refractivity contribution is -0.117. The first kappa shape index (κ1) is 21.3. The van der Waals surface area contributed by atoms with Crippen LogP contribution in [0.2, 0.25) is 0 Å². The first-order valence-electron chi connectivity index (χ1n) is 10.2. The second-order valence-electron chi connectivity index (χ2n) is 9.25. The molecule has 1 N–H and O–H groups in total. The molecule has 0 atom stereocenters. The van der Waals surface area contributed by atoms with Gasteiger partial charge in [-0.2, -0.15) is 0 Å². The van der Waals surface area contributed by atoms with Crippen LogP contribution in [0.5, 0.6) is 0 Å². The van der Waals surface area contributed by atoms with Crippen molar-refractivity contribution in [1.29, 1.82) is 0 Å². The van der Waals surface area contributed by atoms with E-state index in [4.69, 9.17) is 0 Å². The normalized spacial score (nSPS) is 14.0. The van der Waals surface area contributed by atoms with E-state index in [1.807, 2.05) is 34.6 Å². The Morgan fingerprint density at radius 3 is 2.55 bits per heavy atom. The van der Waals surface area contributed by atoms with Gasteiger partial charge in [0.05, 0.1) is 0 Å². The summed E-state index contributed by atoms with van der Waals surface area (Å²) in [6.07, 6.45) is 2.37. The monoisotopic (exact) mass is 400 g/mol. The first-order chi connectivity index (χ1) is 13.5. The molecule has 0 saturated carbocycles. The molecule has 2 aromatic carbocycles. The summed E-state index contributed by atoms with van der Waals surface area (Å²) in [4.78, 5) is 14.7. The molecule has 0 aromatic heterocycles. The molecule has 1 heterocycles. The molecule has 1 amide bonds. The highest BCUT2D eigenvalue weighted by molar-refractivity contribution is 5.94. The summed E-state index contributed by atoms with van der Waals surface area (Å²) in [5.41, 5.74) is 5.52. The van der Waals surface area contributed by atoms with Gasteiger partial charge in [0.25, 0.3) is 0 Å². The Kier molecular flexibility index (Phi) is 5.97. The molecule has 1 aliphatic rings. The fourth-order valence-corrected chi connectivity index (χ4v) is 4.13. The van der Waals surface area contributed by atoms with Crippen LogP contribution in [-0.4, -0.2) is 12.5 Å². The minimum atomic E-state index is -0.569. The van der Waals surface area contributed by atoms with Crippen LogP contribution < -0.4 is 10.2 Å². The zero-order valence-electron chi connectivity index (χ0n) is 18.0. The van der Waals surface area contributed by atoms with Gasteiger partial charge in [-0.1, -0.05) is 32.9 Å². The molecule has 0 radical (unpaired) electrons. The van der Waals surface area contributed by atoms with Crippen molar-refractivity contribution < 1.29 is 13.6 Å². The first-order valence-corrected chi connectivity index (χ1v) is 10.2. The molecule has 0 bridgehead atoms. The van der Waals surface area contributed by atoms with Crippen molar-refractivity contribution in [2.45, 2.75) is 60.4 Å². The summed E-state index contributed by atoms with van der Waals surface area (Å²) in [5.74, 6) is -1.10. The molecule has 0 spiro atoms. The zero-order chi connectivity index (χ0) is 21.3. The maximum Gasteiger partial charge on any atom is 0.224 e. The van der Waals surface area contributed by atoms with Gasteiger partial charge in [-0.15, -0.1) is 0 Å². The molecule has 0 saturated heterocycles. The van der Waals surface area contributed by atoms with E-state index >= 15 is 0 Å². The highest BCUT2D eigenvalue weighted by atomic mass is 19.1. The van der Waals surface area contributed by atoms with Crippen molar-refractivity contribution in [3.05, 3.63) is 58.2 Å². The molecule has 0 unspecified atom stereocenters. The summed E-state index contributed by atoms with van der Waals surface area (Å²) in [6, 6.07) is 5.86. The van der Waals surface area contributed by atoms with E-state index in [2.05, 4.69) is 16.3 Å². The van der Waals surface area contributed by atoms with Crippen LogP contribution in [0.4, 0.5) is 20.2 Å². The van der Waals surface area contributed by atoms with E-state index < -0.39 is 11.6 Å². The van der Waals surface area contributed by atoms with Crippen LogP contribution in [0, 0.1) is 30.9 Å². The number of carbonyl (C=O) groups excluding carboxylic acids is 1. The Morgan fingerprint density at radius 2 is 1.90 bits per heavy atom. The highest BCUT2D eigenvalue weighted by Crippen LogP contribution is 2.38. The lowest BCUT2D eigenvalue weighted by Gasteiger charge is -2.34. The smallest absolute Gasteiger partial charge is 0.224 e. The number of nitrogens with one attached hydrogen (secondary N) is 1. The number of halogens is 2. The van der Waals surface area contributed by atoms with E-state index in [0.29, 0.717) is 18.5 Å². The SMILES string of the molecule is Cc1cc2c(c(C)c1NC(=O)CC(C)(C)C)N(Cc1ccc(F)cc1F)CCC2. The average Bonchev–Trinajstić information content (AvgIpc) is 2.59. The molecule has 29 heavy (non-hydrogen) atoms. The Morgan fingerprint density at radius 1 is 1.17 bits per heavy atom. The van der Waals surface area contributed by atoms with Gasteiger partial charge in [-0.25, -0.2) is 8.78 Å². The van der Waals surface area contributed by atoms with Crippen molar-refractivity contribution in [3.63, 3.8) is 0 Å². The van der Waals surface area contributed by atoms with Crippen LogP contribution in [0.15, 0.2) is 24.3 Å². The predicted octanol–water partition coefficient (Wildman–Crippen LogP) is 5.91. The van der Waals surface area contributed by atoms with Crippen molar-refractivity contribution in [1.82, 2.24) is 0 Å². The Balaban J connectivity index is 1.94. The molecular weight excluding hydrogens is 370 g/mol. The van der Waals surface area contributed by atoms with Gasteiger partial charge in [-0.05, 0) is 54.9 Å². The van der Waals surface area contributed by atoms with Crippen LogP contribution in [0.3, 0.4) is 0 Å². The Labute approximate surface area is 172 Å². The third kappa shape index (κ3) is 4.95. The number of hydrogen-bond acceptors (Lipinski definition) is 2. The van der Waals surface area contributed by atoms with Crippen molar-refractivity contribution in [2.75, 3.05) is 16.8 Å². The number of fused-ring (bicyclic) bond motifs is 1. The second kappa shape index (κ2) is 8.13. The molecule has 1 aliphatic heterocycles. The number of anilines is 2. The summed E-state index contributed by atoms with van der Waals surface area (Å²) >= 11 is 0. The van der Waals surface area contributed by atoms with Gasteiger partial charge >= 0.3 is 0 Å². The molecule has 2 aromatic rings. The Bertz CT molecular complexity index is 931.